The molecule has 2 N–H and O–H groups in total. The monoisotopic (exact) mass is 253 g/mol. The summed E-state index contributed by atoms with van der Waals surface area (Å²) in [6, 6.07) is 0. The lowest BCUT2D eigenvalue weighted by molar-refractivity contribution is -0.122. The van der Waals surface area contributed by atoms with E-state index in [9.17, 15) is 9.90 Å². The van der Waals surface area contributed by atoms with Gasteiger partial charge in [0, 0.05) is 19.4 Å². The summed E-state index contributed by atoms with van der Waals surface area (Å²) in [6.07, 6.45) is 4.36. The fourth-order valence-electron chi connectivity index (χ4n) is 2.22. The summed E-state index contributed by atoms with van der Waals surface area (Å²) in [7, 11) is 0. The third-order valence-corrected chi connectivity index (χ3v) is 3.28. The lowest BCUT2D eigenvalue weighted by Gasteiger charge is -2.22. The van der Waals surface area contributed by atoms with Crippen molar-refractivity contribution < 1.29 is 14.4 Å². The van der Waals surface area contributed by atoms with Crippen LogP contribution in [-0.2, 0) is 11.2 Å². The molecular formula is C12H19N3O3. The molecule has 0 atom stereocenters. The molecule has 0 unspecified atom stereocenters. The number of nitrogens with zero attached hydrogens (tertiary/aromatic N) is 2. The molecule has 1 saturated carbocycles. The number of hydrogen-bond acceptors (Lipinski definition) is 5. The van der Waals surface area contributed by atoms with Crippen molar-refractivity contribution >= 4 is 5.91 Å². The van der Waals surface area contributed by atoms with E-state index in [4.69, 9.17) is 4.52 Å². The maximum absolute atomic E-state index is 11.6. The number of carbonyl (C=O) groups excluding carboxylic acids is 1. The van der Waals surface area contributed by atoms with Gasteiger partial charge in [-0.05, 0) is 19.8 Å². The SMILES string of the molecule is Cc1noc(CCC(=O)NCC2(O)CCCC2)n1. The number of carbonyl (C=O) groups is 1. The zero-order chi connectivity index (χ0) is 13.0. The molecule has 18 heavy (non-hydrogen) atoms. The van der Waals surface area contributed by atoms with Gasteiger partial charge in [0.2, 0.25) is 11.8 Å². The van der Waals surface area contributed by atoms with Crippen LogP contribution < -0.4 is 5.32 Å². The summed E-state index contributed by atoms with van der Waals surface area (Å²) >= 11 is 0. The van der Waals surface area contributed by atoms with Crippen LogP contribution in [-0.4, -0.2) is 33.3 Å². The van der Waals surface area contributed by atoms with Crippen LogP contribution in [0.25, 0.3) is 0 Å². The maximum Gasteiger partial charge on any atom is 0.227 e. The molecule has 1 heterocycles. The summed E-state index contributed by atoms with van der Waals surface area (Å²) in [5.74, 6) is 0.957. The predicted molar refractivity (Wildman–Crippen MR) is 63.8 cm³/mol. The van der Waals surface area contributed by atoms with Crippen molar-refractivity contribution in [2.75, 3.05) is 6.54 Å². The van der Waals surface area contributed by atoms with Crippen molar-refractivity contribution in [1.29, 1.82) is 0 Å². The first kappa shape index (κ1) is 13.0. The fraction of sp³-hybridized carbons (Fsp3) is 0.750. The Morgan fingerprint density at radius 3 is 2.83 bits per heavy atom. The largest absolute Gasteiger partial charge is 0.388 e. The van der Waals surface area contributed by atoms with Gasteiger partial charge in [-0.15, -0.1) is 0 Å². The number of hydrogen-bond donors (Lipinski definition) is 2. The van der Waals surface area contributed by atoms with E-state index < -0.39 is 5.60 Å². The van der Waals surface area contributed by atoms with Gasteiger partial charge in [0.25, 0.3) is 0 Å². The molecule has 0 aromatic carbocycles. The van der Waals surface area contributed by atoms with E-state index >= 15 is 0 Å². The third-order valence-electron chi connectivity index (χ3n) is 3.28. The molecule has 1 amide bonds. The van der Waals surface area contributed by atoms with E-state index in [2.05, 4.69) is 15.5 Å². The average molecular weight is 253 g/mol. The molecule has 1 aromatic heterocycles. The molecule has 6 heteroatoms. The van der Waals surface area contributed by atoms with Gasteiger partial charge in [-0.2, -0.15) is 4.98 Å². The third kappa shape index (κ3) is 3.53. The van der Waals surface area contributed by atoms with E-state index in [1.165, 1.54) is 0 Å². The summed E-state index contributed by atoms with van der Waals surface area (Å²) in [4.78, 5) is 15.6. The zero-order valence-electron chi connectivity index (χ0n) is 10.6. The second-order valence-corrected chi connectivity index (χ2v) is 4.94. The molecule has 0 bridgehead atoms. The van der Waals surface area contributed by atoms with Crippen molar-refractivity contribution in [3.05, 3.63) is 11.7 Å². The highest BCUT2D eigenvalue weighted by Gasteiger charge is 2.31. The van der Waals surface area contributed by atoms with Gasteiger partial charge >= 0.3 is 0 Å². The number of aromatic nitrogens is 2. The van der Waals surface area contributed by atoms with Gasteiger partial charge in [0.05, 0.1) is 5.60 Å². The lowest BCUT2D eigenvalue weighted by Crippen LogP contribution is -2.40. The quantitative estimate of drug-likeness (QED) is 0.807. The summed E-state index contributed by atoms with van der Waals surface area (Å²) in [6.45, 7) is 2.08. The Morgan fingerprint density at radius 2 is 2.22 bits per heavy atom. The minimum atomic E-state index is -0.698. The molecule has 1 aliphatic rings. The van der Waals surface area contributed by atoms with E-state index in [0.717, 1.165) is 25.7 Å². The highest BCUT2D eigenvalue weighted by Crippen LogP contribution is 2.28. The van der Waals surface area contributed by atoms with Gasteiger partial charge in [-0.1, -0.05) is 18.0 Å². The highest BCUT2D eigenvalue weighted by molar-refractivity contribution is 5.76. The van der Waals surface area contributed by atoms with Crippen LogP contribution in [0.15, 0.2) is 4.52 Å². The van der Waals surface area contributed by atoms with Gasteiger partial charge < -0.3 is 14.9 Å². The normalized spacial score (nSPS) is 17.9. The van der Waals surface area contributed by atoms with Gasteiger partial charge in [-0.25, -0.2) is 0 Å². The smallest absolute Gasteiger partial charge is 0.227 e. The number of nitrogens with one attached hydrogen (secondary N) is 1. The molecule has 6 nitrogen and oxygen atoms in total. The number of amides is 1. The zero-order valence-corrected chi connectivity index (χ0v) is 10.6. The van der Waals surface area contributed by atoms with Crippen molar-refractivity contribution in [1.82, 2.24) is 15.5 Å². The van der Waals surface area contributed by atoms with Crippen LogP contribution >= 0.6 is 0 Å². The molecule has 0 spiro atoms. The van der Waals surface area contributed by atoms with Crippen molar-refractivity contribution in [3.8, 4) is 0 Å². The van der Waals surface area contributed by atoms with Crippen molar-refractivity contribution in [3.63, 3.8) is 0 Å². The first-order chi connectivity index (χ1) is 8.57. The van der Waals surface area contributed by atoms with Crippen molar-refractivity contribution in [2.24, 2.45) is 0 Å². The second-order valence-electron chi connectivity index (χ2n) is 4.94. The van der Waals surface area contributed by atoms with Crippen LogP contribution in [0, 0.1) is 6.92 Å². The van der Waals surface area contributed by atoms with Gasteiger partial charge in [-0.3, -0.25) is 4.79 Å². The minimum absolute atomic E-state index is 0.0915. The summed E-state index contributed by atoms with van der Waals surface area (Å²) < 4.78 is 4.92. The van der Waals surface area contributed by atoms with Crippen LogP contribution in [0.1, 0.15) is 43.8 Å². The van der Waals surface area contributed by atoms with Crippen LogP contribution in [0.5, 0.6) is 0 Å². The Balaban J connectivity index is 1.69. The Kier molecular flexibility index (Phi) is 3.96. The molecule has 1 aromatic rings. The molecule has 0 aliphatic heterocycles. The summed E-state index contributed by atoms with van der Waals surface area (Å²) in [5, 5.41) is 16.5. The average Bonchev–Trinajstić information content (AvgIpc) is 2.94. The highest BCUT2D eigenvalue weighted by atomic mass is 16.5. The molecule has 0 radical (unpaired) electrons. The van der Waals surface area contributed by atoms with Crippen LogP contribution in [0.4, 0.5) is 0 Å². The Morgan fingerprint density at radius 1 is 1.50 bits per heavy atom. The first-order valence-corrected chi connectivity index (χ1v) is 6.36. The van der Waals surface area contributed by atoms with Crippen LogP contribution in [0.2, 0.25) is 0 Å². The second kappa shape index (κ2) is 5.48. The number of rotatable bonds is 5. The van der Waals surface area contributed by atoms with Gasteiger partial charge in [0.15, 0.2) is 5.82 Å². The van der Waals surface area contributed by atoms with E-state index in [1.54, 1.807) is 6.92 Å². The Labute approximate surface area is 106 Å². The number of aliphatic hydroxyl groups is 1. The van der Waals surface area contributed by atoms with E-state index in [1.807, 2.05) is 0 Å². The van der Waals surface area contributed by atoms with E-state index in [0.29, 0.717) is 31.1 Å². The molecular weight excluding hydrogens is 234 g/mol. The molecule has 100 valence electrons. The Hall–Kier alpha value is -1.43. The molecule has 1 fully saturated rings. The molecule has 0 saturated heterocycles. The Bertz CT molecular complexity index is 410. The topological polar surface area (TPSA) is 88.2 Å². The fourth-order valence-corrected chi connectivity index (χ4v) is 2.22. The van der Waals surface area contributed by atoms with Gasteiger partial charge in [0.1, 0.15) is 0 Å². The summed E-state index contributed by atoms with van der Waals surface area (Å²) in [5.41, 5.74) is -0.698. The van der Waals surface area contributed by atoms with Crippen LogP contribution in [0.3, 0.4) is 0 Å². The minimum Gasteiger partial charge on any atom is -0.388 e. The standard InChI is InChI=1S/C12H19N3O3/c1-9-14-11(18-15-9)5-4-10(16)13-8-12(17)6-2-3-7-12/h17H,2-8H2,1H3,(H,13,16). The maximum atomic E-state index is 11.6. The van der Waals surface area contributed by atoms with E-state index in [-0.39, 0.29) is 5.91 Å². The lowest BCUT2D eigenvalue weighted by atomic mass is 10.0. The molecule has 1 aliphatic carbocycles. The van der Waals surface area contributed by atoms with Crippen molar-refractivity contribution in [2.45, 2.75) is 51.0 Å². The first-order valence-electron chi connectivity index (χ1n) is 6.36. The molecule has 2 rings (SSSR count). The predicted octanol–water partition coefficient (Wildman–Crippen LogP) is 0.732. The number of aryl methyl sites for hydroxylation is 2.